The second-order valence-corrected chi connectivity index (χ2v) is 6.72. The van der Waals surface area contributed by atoms with Gasteiger partial charge < -0.3 is 9.88 Å². The van der Waals surface area contributed by atoms with Crippen LogP contribution in [0.4, 0.5) is 13.2 Å². The van der Waals surface area contributed by atoms with E-state index in [0.717, 1.165) is 42.6 Å². The van der Waals surface area contributed by atoms with Gasteiger partial charge >= 0.3 is 6.18 Å². The topological polar surface area (TPSA) is 54.3 Å². The van der Waals surface area contributed by atoms with Crippen molar-refractivity contribution in [1.29, 1.82) is 0 Å². The van der Waals surface area contributed by atoms with Gasteiger partial charge in [-0.15, -0.1) is 0 Å². The molecule has 2 rings (SSSR count). The molecule has 1 saturated heterocycles. The molecule has 0 radical (unpaired) electrons. The maximum absolute atomic E-state index is 12.7. The van der Waals surface area contributed by atoms with Crippen molar-refractivity contribution in [2.75, 3.05) is 19.6 Å². The van der Waals surface area contributed by atoms with Crippen LogP contribution in [0, 0.1) is 5.92 Å². The fourth-order valence-corrected chi connectivity index (χ4v) is 2.95. The lowest BCUT2D eigenvalue weighted by Crippen LogP contribution is -2.46. The van der Waals surface area contributed by atoms with Crippen LogP contribution in [-0.2, 0) is 17.5 Å². The quantitative estimate of drug-likeness (QED) is 0.876. The largest absolute Gasteiger partial charge is 0.421 e. The number of aromatic nitrogens is 1. The van der Waals surface area contributed by atoms with Gasteiger partial charge in [0.15, 0.2) is 0 Å². The minimum Gasteiger partial charge on any atom is -0.353 e. The Morgan fingerprint density at radius 1 is 1.36 bits per heavy atom. The standard InChI is InChI=1S/C17H24F3N3O2/c1-12-5-8-22(9-6-12)13(2)10-21-15(24)11-23-7-3-4-14(16(23)25)17(18,19)20/h3-4,7,12-13H,5-6,8-11H2,1-2H3,(H,21,24)/t13-/m1/s1. The summed E-state index contributed by atoms with van der Waals surface area (Å²) in [7, 11) is 0. The Kier molecular flexibility index (Phi) is 6.26. The minimum atomic E-state index is -4.73. The van der Waals surface area contributed by atoms with E-state index in [9.17, 15) is 22.8 Å². The van der Waals surface area contributed by atoms with Gasteiger partial charge in [-0.3, -0.25) is 14.5 Å². The van der Waals surface area contributed by atoms with Crippen LogP contribution in [0.2, 0.25) is 0 Å². The molecule has 1 aromatic rings. The first kappa shape index (κ1) is 19.5. The van der Waals surface area contributed by atoms with Gasteiger partial charge in [0, 0.05) is 18.8 Å². The van der Waals surface area contributed by atoms with Gasteiger partial charge in [0.05, 0.1) is 0 Å². The number of alkyl halides is 3. The van der Waals surface area contributed by atoms with E-state index in [1.807, 2.05) is 6.92 Å². The van der Waals surface area contributed by atoms with E-state index in [2.05, 4.69) is 17.1 Å². The molecule has 0 unspecified atom stereocenters. The van der Waals surface area contributed by atoms with Crippen molar-refractivity contribution >= 4 is 5.91 Å². The van der Waals surface area contributed by atoms with E-state index in [-0.39, 0.29) is 6.04 Å². The number of amides is 1. The Hall–Kier alpha value is -1.83. The van der Waals surface area contributed by atoms with E-state index in [4.69, 9.17) is 0 Å². The van der Waals surface area contributed by atoms with Gasteiger partial charge in [-0.1, -0.05) is 6.92 Å². The maximum Gasteiger partial charge on any atom is 0.421 e. The van der Waals surface area contributed by atoms with Crippen molar-refractivity contribution in [2.24, 2.45) is 5.92 Å². The first-order valence-corrected chi connectivity index (χ1v) is 8.46. The van der Waals surface area contributed by atoms with E-state index in [0.29, 0.717) is 12.5 Å². The SMILES string of the molecule is CC1CCN([C@H](C)CNC(=O)Cn2cccc(C(F)(F)F)c2=O)CC1. The Labute approximate surface area is 144 Å². The highest BCUT2D eigenvalue weighted by atomic mass is 19.4. The molecule has 25 heavy (non-hydrogen) atoms. The third-order valence-corrected chi connectivity index (χ3v) is 4.68. The molecule has 140 valence electrons. The van der Waals surface area contributed by atoms with Gasteiger partial charge in [0.2, 0.25) is 5.91 Å². The number of hydrogen-bond acceptors (Lipinski definition) is 3. The summed E-state index contributed by atoms with van der Waals surface area (Å²) in [5.74, 6) is 0.240. The summed E-state index contributed by atoms with van der Waals surface area (Å²) in [6.45, 7) is 6.16. The van der Waals surface area contributed by atoms with Gasteiger partial charge in [0.1, 0.15) is 12.1 Å². The summed E-state index contributed by atoms with van der Waals surface area (Å²) in [5, 5.41) is 2.70. The van der Waals surface area contributed by atoms with Gasteiger partial charge in [-0.05, 0) is 50.9 Å². The summed E-state index contributed by atoms with van der Waals surface area (Å²) < 4.78 is 39.0. The first-order chi connectivity index (χ1) is 11.7. The number of carbonyl (C=O) groups excluding carboxylic acids is 1. The number of rotatable bonds is 5. The average Bonchev–Trinajstić information content (AvgIpc) is 2.54. The molecule has 1 atom stereocenters. The van der Waals surface area contributed by atoms with E-state index >= 15 is 0 Å². The Morgan fingerprint density at radius 2 is 2.00 bits per heavy atom. The molecule has 5 nitrogen and oxygen atoms in total. The molecule has 0 bridgehead atoms. The molecule has 1 aromatic heterocycles. The Morgan fingerprint density at radius 3 is 2.60 bits per heavy atom. The van der Waals surface area contributed by atoms with Crippen LogP contribution >= 0.6 is 0 Å². The van der Waals surface area contributed by atoms with Crippen LogP contribution in [0.3, 0.4) is 0 Å². The lowest BCUT2D eigenvalue weighted by Gasteiger charge is -2.35. The minimum absolute atomic E-state index is 0.148. The Bertz CT molecular complexity index is 649. The number of carbonyl (C=O) groups is 1. The fourth-order valence-electron chi connectivity index (χ4n) is 2.95. The number of piperidine rings is 1. The molecular formula is C17H24F3N3O2. The summed E-state index contributed by atoms with van der Waals surface area (Å²) in [6.07, 6.45) is -1.29. The second-order valence-electron chi connectivity index (χ2n) is 6.72. The molecule has 1 amide bonds. The van der Waals surface area contributed by atoms with Crippen molar-refractivity contribution in [3.63, 3.8) is 0 Å². The summed E-state index contributed by atoms with van der Waals surface area (Å²) >= 11 is 0. The van der Waals surface area contributed by atoms with Crippen molar-refractivity contribution in [1.82, 2.24) is 14.8 Å². The van der Waals surface area contributed by atoms with Crippen molar-refractivity contribution in [3.8, 4) is 0 Å². The predicted molar refractivity (Wildman–Crippen MR) is 88.1 cm³/mol. The smallest absolute Gasteiger partial charge is 0.353 e. The molecule has 1 fully saturated rings. The van der Waals surface area contributed by atoms with Crippen LogP contribution in [-0.4, -0.2) is 41.1 Å². The highest BCUT2D eigenvalue weighted by molar-refractivity contribution is 5.75. The summed E-state index contributed by atoms with van der Waals surface area (Å²) in [6, 6.07) is 1.99. The monoisotopic (exact) mass is 359 g/mol. The summed E-state index contributed by atoms with van der Waals surface area (Å²) in [5.41, 5.74) is -2.47. The zero-order valence-corrected chi connectivity index (χ0v) is 14.5. The molecule has 0 spiro atoms. The zero-order valence-electron chi connectivity index (χ0n) is 14.5. The number of pyridine rings is 1. The third-order valence-electron chi connectivity index (χ3n) is 4.68. The number of nitrogens with zero attached hydrogens (tertiary/aromatic N) is 2. The molecule has 2 heterocycles. The fraction of sp³-hybridized carbons (Fsp3) is 0.647. The average molecular weight is 359 g/mol. The predicted octanol–water partition coefficient (Wildman–Crippen LogP) is 2.10. The molecule has 0 saturated carbocycles. The molecule has 8 heteroatoms. The van der Waals surface area contributed by atoms with Gasteiger partial charge in [0.25, 0.3) is 5.56 Å². The van der Waals surface area contributed by atoms with Crippen LogP contribution in [0.15, 0.2) is 23.1 Å². The molecule has 1 aliphatic rings. The maximum atomic E-state index is 12.7. The molecule has 0 aliphatic carbocycles. The third kappa shape index (κ3) is 5.32. The van der Waals surface area contributed by atoms with Crippen molar-refractivity contribution in [3.05, 3.63) is 34.2 Å². The van der Waals surface area contributed by atoms with Crippen molar-refractivity contribution in [2.45, 2.75) is 45.5 Å². The normalized spacial score (nSPS) is 18.1. The van der Waals surface area contributed by atoms with Crippen molar-refractivity contribution < 1.29 is 18.0 Å². The summed E-state index contributed by atoms with van der Waals surface area (Å²) in [4.78, 5) is 26.1. The highest BCUT2D eigenvalue weighted by Gasteiger charge is 2.34. The lowest BCUT2D eigenvalue weighted by atomic mass is 9.98. The first-order valence-electron chi connectivity index (χ1n) is 8.46. The zero-order chi connectivity index (χ0) is 18.6. The number of likely N-dealkylation sites (tertiary alicyclic amines) is 1. The molecule has 0 aromatic carbocycles. The van der Waals surface area contributed by atoms with Gasteiger partial charge in [-0.25, -0.2) is 0 Å². The number of halogens is 3. The van der Waals surface area contributed by atoms with E-state index < -0.39 is 29.8 Å². The van der Waals surface area contributed by atoms with E-state index in [1.54, 1.807) is 0 Å². The lowest BCUT2D eigenvalue weighted by molar-refractivity contribution is -0.139. The van der Waals surface area contributed by atoms with Crippen LogP contribution in [0.5, 0.6) is 0 Å². The Balaban J connectivity index is 1.89. The van der Waals surface area contributed by atoms with E-state index in [1.165, 1.54) is 6.20 Å². The molecule has 1 N–H and O–H groups in total. The number of hydrogen-bond donors (Lipinski definition) is 1. The molecule has 1 aliphatic heterocycles. The van der Waals surface area contributed by atoms with Crippen LogP contribution in [0.25, 0.3) is 0 Å². The number of nitrogens with one attached hydrogen (secondary N) is 1. The van der Waals surface area contributed by atoms with Crippen LogP contribution in [0.1, 0.15) is 32.3 Å². The second kappa shape index (κ2) is 8.03. The van der Waals surface area contributed by atoms with Gasteiger partial charge in [-0.2, -0.15) is 13.2 Å². The highest BCUT2D eigenvalue weighted by Crippen LogP contribution is 2.25. The van der Waals surface area contributed by atoms with Crippen LogP contribution < -0.4 is 10.9 Å². The molecular weight excluding hydrogens is 335 g/mol.